The molecule has 8 heteroatoms. The molecule has 1 atom stereocenters. The molecule has 2 amide bonds. The van der Waals surface area contributed by atoms with E-state index in [0.717, 1.165) is 11.9 Å². The summed E-state index contributed by atoms with van der Waals surface area (Å²) in [6, 6.07) is -2.19. The molecule has 5 nitrogen and oxygen atoms in total. The summed E-state index contributed by atoms with van der Waals surface area (Å²) in [5, 5.41) is 10.3. The molecule has 0 heterocycles. The van der Waals surface area contributed by atoms with Gasteiger partial charge in [-0.25, -0.2) is 9.59 Å². The predicted octanol–water partition coefficient (Wildman–Crippen LogP) is 1.05. The van der Waals surface area contributed by atoms with Gasteiger partial charge in [0.25, 0.3) is 0 Å². The molecular formula is C8H13F3N2O3. The van der Waals surface area contributed by atoms with Crippen LogP contribution < -0.4 is 5.32 Å². The topological polar surface area (TPSA) is 69.6 Å². The van der Waals surface area contributed by atoms with Gasteiger partial charge in [-0.3, -0.25) is 0 Å². The third-order valence-electron chi connectivity index (χ3n) is 1.90. The number of rotatable bonds is 4. The van der Waals surface area contributed by atoms with Crippen molar-refractivity contribution in [2.75, 3.05) is 13.6 Å². The number of hydrogen-bond acceptors (Lipinski definition) is 2. The Labute approximate surface area is 90.2 Å². The van der Waals surface area contributed by atoms with Crippen molar-refractivity contribution in [3.8, 4) is 0 Å². The van der Waals surface area contributed by atoms with Crippen LogP contribution >= 0.6 is 0 Å². The molecule has 1 unspecified atom stereocenters. The van der Waals surface area contributed by atoms with Gasteiger partial charge in [0.2, 0.25) is 0 Å². The van der Waals surface area contributed by atoms with E-state index in [-0.39, 0.29) is 6.42 Å². The first-order chi connectivity index (χ1) is 7.19. The normalized spacial score (nSPS) is 13.1. The van der Waals surface area contributed by atoms with Gasteiger partial charge in [0.1, 0.15) is 12.6 Å². The summed E-state index contributed by atoms with van der Waals surface area (Å²) in [6.45, 7) is 0.0402. The Morgan fingerprint density at radius 2 is 1.94 bits per heavy atom. The van der Waals surface area contributed by atoms with Crippen LogP contribution in [-0.2, 0) is 4.79 Å². The van der Waals surface area contributed by atoms with E-state index < -0.39 is 30.8 Å². The standard InChI is InChI=1S/C8H13F3N2O3/c1-3-5(6(14)15)13(2)7(16)12-4-8(9,10)11/h5H,3-4H2,1-2H3,(H,12,16)(H,14,15). The highest BCUT2D eigenvalue weighted by molar-refractivity contribution is 5.82. The summed E-state index contributed by atoms with van der Waals surface area (Å²) < 4.78 is 35.3. The number of nitrogens with one attached hydrogen (secondary N) is 1. The quantitative estimate of drug-likeness (QED) is 0.774. The Morgan fingerprint density at radius 1 is 1.44 bits per heavy atom. The zero-order valence-electron chi connectivity index (χ0n) is 8.84. The number of hydrogen-bond donors (Lipinski definition) is 2. The molecule has 0 aromatic rings. The molecule has 0 radical (unpaired) electrons. The van der Waals surface area contributed by atoms with Crippen LogP contribution in [0.5, 0.6) is 0 Å². The van der Waals surface area contributed by atoms with Gasteiger partial charge in [0.05, 0.1) is 0 Å². The molecule has 0 rings (SSSR count). The van der Waals surface area contributed by atoms with Gasteiger partial charge < -0.3 is 15.3 Å². The number of halogens is 3. The van der Waals surface area contributed by atoms with Gasteiger partial charge in [-0.1, -0.05) is 6.92 Å². The number of carbonyl (C=O) groups is 2. The lowest BCUT2D eigenvalue weighted by Gasteiger charge is -2.24. The van der Waals surface area contributed by atoms with Crippen LogP contribution in [0, 0.1) is 0 Å². The lowest BCUT2D eigenvalue weighted by atomic mass is 10.2. The average molecular weight is 242 g/mol. The Kier molecular flexibility index (Phi) is 5.06. The summed E-state index contributed by atoms with van der Waals surface area (Å²) in [5.74, 6) is -1.26. The zero-order valence-corrected chi connectivity index (χ0v) is 8.84. The second-order valence-corrected chi connectivity index (χ2v) is 3.15. The van der Waals surface area contributed by atoms with Crippen LogP contribution in [0.15, 0.2) is 0 Å². The number of likely N-dealkylation sites (N-methyl/N-ethyl adjacent to an activating group) is 1. The summed E-state index contributed by atoms with van der Waals surface area (Å²) in [7, 11) is 1.13. The van der Waals surface area contributed by atoms with E-state index in [0.29, 0.717) is 0 Å². The van der Waals surface area contributed by atoms with E-state index >= 15 is 0 Å². The lowest BCUT2D eigenvalue weighted by Crippen LogP contribution is -2.48. The fourth-order valence-electron chi connectivity index (χ4n) is 1.06. The van der Waals surface area contributed by atoms with Crippen LogP contribution in [0.3, 0.4) is 0 Å². The van der Waals surface area contributed by atoms with E-state index in [2.05, 4.69) is 0 Å². The van der Waals surface area contributed by atoms with Gasteiger partial charge >= 0.3 is 18.2 Å². The van der Waals surface area contributed by atoms with Crippen molar-refractivity contribution in [1.29, 1.82) is 0 Å². The van der Waals surface area contributed by atoms with Crippen molar-refractivity contribution in [3.05, 3.63) is 0 Å². The van der Waals surface area contributed by atoms with Crippen LogP contribution in [0.1, 0.15) is 13.3 Å². The predicted molar refractivity (Wildman–Crippen MR) is 48.9 cm³/mol. The fourth-order valence-corrected chi connectivity index (χ4v) is 1.06. The third-order valence-corrected chi connectivity index (χ3v) is 1.90. The van der Waals surface area contributed by atoms with E-state index in [1.165, 1.54) is 6.92 Å². The highest BCUT2D eigenvalue weighted by Crippen LogP contribution is 2.12. The number of carboxylic acid groups (broad SMARTS) is 1. The Bertz CT molecular complexity index is 268. The minimum atomic E-state index is -4.51. The van der Waals surface area contributed by atoms with Crippen molar-refractivity contribution in [1.82, 2.24) is 10.2 Å². The smallest absolute Gasteiger partial charge is 0.405 e. The molecule has 0 aromatic heterocycles. The van der Waals surface area contributed by atoms with Gasteiger partial charge in [-0.05, 0) is 6.42 Å². The SMILES string of the molecule is CCC(C(=O)O)N(C)C(=O)NCC(F)(F)F. The monoisotopic (exact) mass is 242 g/mol. The Morgan fingerprint density at radius 3 is 2.25 bits per heavy atom. The van der Waals surface area contributed by atoms with Crippen molar-refractivity contribution in [2.24, 2.45) is 0 Å². The minimum absolute atomic E-state index is 0.116. The van der Waals surface area contributed by atoms with Crippen LogP contribution in [-0.4, -0.2) is 47.8 Å². The van der Waals surface area contributed by atoms with Crippen molar-refractivity contribution >= 4 is 12.0 Å². The van der Waals surface area contributed by atoms with Gasteiger partial charge in [0, 0.05) is 7.05 Å². The first-order valence-electron chi connectivity index (χ1n) is 4.49. The average Bonchev–Trinajstić information content (AvgIpc) is 2.13. The molecular weight excluding hydrogens is 229 g/mol. The van der Waals surface area contributed by atoms with Gasteiger partial charge in [-0.2, -0.15) is 13.2 Å². The van der Waals surface area contributed by atoms with E-state index in [4.69, 9.17) is 5.11 Å². The number of amides is 2. The summed E-state index contributed by atoms with van der Waals surface area (Å²) >= 11 is 0. The Hall–Kier alpha value is -1.47. The molecule has 0 aromatic carbocycles. The van der Waals surface area contributed by atoms with Crippen LogP contribution in [0.25, 0.3) is 0 Å². The molecule has 0 aliphatic rings. The number of carbonyl (C=O) groups excluding carboxylic acids is 1. The molecule has 16 heavy (non-hydrogen) atoms. The first-order valence-corrected chi connectivity index (χ1v) is 4.49. The summed E-state index contributed by atoms with van der Waals surface area (Å²) in [4.78, 5) is 22.5. The van der Waals surface area contributed by atoms with E-state index in [1.54, 1.807) is 5.32 Å². The summed E-state index contributed by atoms with van der Waals surface area (Å²) in [5.41, 5.74) is 0. The van der Waals surface area contributed by atoms with Crippen molar-refractivity contribution in [2.45, 2.75) is 25.6 Å². The maximum atomic E-state index is 11.8. The molecule has 0 aliphatic carbocycles. The molecule has 0 fully saturated rings. The maximum Gasteiger partial charge on any atom is 0.405 e. The van der Waals surface area contributed by atoms with Crippen molar-refractivity contribution < 1.29 is 27.9 Å². The minimum Gasteiger partial charge on any atom is -0.480 e. The number of carboxylic acids is 1. The lowest BCUT2D eigenvalue weighted by molar-refractivity contribution is -0.141. The number of urea groups is 1. The molecule has 0 saturated carbocycles. The second kappa shape index (κ2) is 5.57. The highest BCUT2D eigenvalue weighted by atomic mass is 19.4. The molecule has 0 saturated heterocycles. The molecule has 0 spiro atoms. The largest absolute Gasteiger partial charge is 0.480 e. The number of nitrogens with zero attached hydrogens (tertiary/aromatic N) is 1. The maximum absolute atomic E-state index is 11.8. The zero-order chi connectivity index (χ0) is 12.9. The number of aliphatic carboxylic acids is 1. The molecule has 0 aliphatic heterocycles. The van der Waals surface area contributed by atoms with Crippen LogP contribution in [0.2, 0.25) is 0 Å². The highest BCUT2D eigenvalue weighted by Gasteiger charge is 2.30. The van der Waals surface area contributed by atoms with Crippen LogP contribution in [0.4, 0.5) is 18.0 Å². The van der Waals surface area contributed by atoms with Gasteiger partial charge in [-0.15, -0.1) is 0 Å². The van der Waals surface area contributed by atoms with E-state index in [1.807, 2.05) is 0 Å². The molecule has 94 valence electrons. The number of alkyl halides is 3. The Balaban J connectivity index is 4.32. The first kappa shape index (κ1) is 14.5. The molecule has 0 bridgehead atoms. The summed E-state index contributed by atoms with van der Waals surface area (Å²) in [6.07, 6.45) is -4.40. The van der Waals surface area contributed by atoms with E-state index in [9.17, 15) is 22.8 Å². The van der Waals surface area contributed by atoms with Gasteiger partial charge in [0.15, 0.2) is 0 Å². The second-order valence-electron chi connectivity index (χ2n) is 3.15. The third kappa shape index (κ3) is 4.85. The molecule has 2 N–H and O–H groups in total. The van der Waals surface area contributed by atoms with Crippen molar-refractivity contribution in [3.63, 3.8) is 0 Å². The fraction of sp³-hybridized carbons (Fsp3) is 0.750.